The highest BCUT2D eigenvalue weighted by atomic mass is 16.3. The largest absolute Gasteiger partial charge is 0.396 e. The van der Waals surface area contributed by atoms with E-state index in [1.54, 1.807) is 0 Å². The Morgan fingerprint density at radius 3 is 2.47 bits per heavy atom. The van der Waals surface area contributed by atoms with Crippen molar-refractivity contribution in [1.82, 2.24) is 0 Å². The Hall–Kier alpha value is -0.860. The van der Waals surface area contributed by atoms with Crippen LogP contribution in [0.25, 0.3) is 0 Å². The van der Waals surface area contributed by atoms with E-state index in [4.69, 9.17) is 5.11 Å². The van der Waals surface area contributed by atoms with Crippen LogP contribution in [0.2, 0.25) is 0 Å². The lowest BCUT2D eigenvalue weighted by molar-refractivity contribution is 0.159. The highest BCUT2D eigenvalue weighted by molar-refractivity contribution is 5.30. The zero-order chi connectivity index (χ0) is 11.3. The Balaban J connectivity index is 2.57. The van der Waals surface area contributed by atoms with Gasteiger partial charge in [0.1, 0.15) is 0 Å². The van der Waals surface area contributed by atoms with Crippen molar-refractivity contribution < 1.29 is 10.2 Å². The summed E-state index contributed by atoms with van der Waals surface area (Å²) >= 11 is 0. The highest BCUT2D eigenvalue weighted by Gasteiger charge is 2.07. The molecule has 1 rings (SSSR count). The smallest absolute Gasteiger partial charge is 0.0790 e. The molecule has 2 heteroatoms. The van der Waals surface area contributed by atoms with Gasteiger partial charge in [-0.15, -0.1) is 0 Å². The summed E-state index contributed by atoms with van der Waals surface area (Å²) in [4.78, 5) is 0. The van der Waals surface area contributed by atoms with Crippen molar-refractivity contribution in [2.45, 2.75) is 39.2 Å². The Kier molecular flexibility index (Phi) is 4.79. The molecule has 0 spiro atoms. The summed E-state index contributed by atoms with van der Waals surface area (Å²) in [6.07, 6.45) is 1.96. The number of unbranched alkanes of at least 4 members (excludes halogenated alkanes) is 1. The monoisotopic (exact) mass is 208 g/mol. The third kappa shape index (κ3) is 3.65. The molecule has 0 amide bonds. The van der Waals surface area contributed by atoms with Crippen molar-refractivity contribution >= 4 is 0 Å². The van der Waals surface area contributed by atoms with E-state index in [-0.39, 0.29) is 6.61 Å². The maximum Gasteiger partial charge on any atom is 0.0790 e. The van der Waals surface area contributed by atoms with Crippen LogP contribution in [0.15, 0.2) is 18.2 Å². The van der Waals surface area contributed by atoms with Crippen LogP contribution in [-0.4, -0.2) is 16.8 Å². The molecule has 1 unspecified atom stereocenters. The molecule has 0 aliphatic heterocycles. The summed E-state index contributed by atoms with van der Waals surface area (Å²) in [6, 6.07) is 6.06. The SMILES string of the molecule is Cc1ccc(C(O)CCCCO)cc1C. The number of hydrogen-bond donors (Lipinski definition) is 2. The average Bonchev–Trinajstić information content (AvgIpc) is 2.22. The fraction of sp³-hybridized carbons (Fsp3) is 0.538. The molecule has 0 heterocycles. The van der Waals surface area contributed by atoms with Crippen LogP contribution in [0.4, 0.5) is 0 Å². The third-order valence-electron chi connectivity index (χ3n) is 2.80. The van der Waals surface area contributed by atoms with Gasteiger partial charge in [-0.2, -0.15) is 0 Å². The van der Waals surface area contributed by atoms with Gasteiger partial charge in [0.05, 0.1) is 6.10 Å². The molecule has 84 valence electrons. The molecule has 0 radical (unpaired) electrons. The van der Waals surface area contributed by atoms with E-state index in [1.165, 1.54) is 11.1 Å². The molecule has 0 aliphatic carbocycles. The lowest BCUT2D eigenvalue weighted by Gasteiger charge is -2.12. The van der Waals surface area contributed by atoms with Gasteiger partial charge in [0.25, 0.3) is 0 Å². The van der Waals surface area contributed by atoms with Crippen LogP contribution >= 0.6 is 0 Å². The zero-order valence-electron chi connectivity index (χ0n) is 9.53. The molecular weight excluding hydrogens is 188 g/mol. The molecule has 0 aromatic heterocycles. The quantitative estimate of drug-likeness (QED) is 0.730. The van der Waals surface area contributed by atoms with E-state index in [9.17, 15) is 5.11 Å². The van der Waals surface area contributed by atoms with Gasteiger partial charge >= 0.3 is 0 Å². The van der Waals surface area contributed by atoms with Crippen LogP contribution in [0.5, 0.6) is 0 Å². The predicted molar refractivity (Wildman–Crippen MR) is 61.8 cm³/mol. The Bertz CT molecular complexity index is 307. The van der Waals surface area contributed by atoms with Gasteiger partial charge in [0.15, 0.2) is 0 Å². The topological polar surface area (TPSA) is 40.5 Å². The molecule has 2 nitrogen and oxygen atoms in total. The van der Waals surface area contributed by atoms with E-state index in [0.717, 1.165) is 24.8 Å². The molecule has 1 aromatic carbocycles. The first-order chi connectivity index (χ1) is 7.15. The van der Waals surface area contributed by atoms with Crippen molar-refractivity contribution in [3.05, 3.63) is 34.9 Å². The van der Waals surface area contributed by atoms with E-state index < -0.39 is 6.10 Å². The molecule has 0 fully saturated rings. The normalized spacial score (nSPS) is 12.8. The highest BCUT2D eigenvalue weighted by Crippen LogP contribution is 2.21. The van der Waals surface area contributed by atoms with Crippen LogP contribution in [0, 0.1) is 13.8 Å². The van der Waals surface area contributed by atoms with Gasteiger partial charge in [-0.05, 0) is 49.8 Å². The Morgan fingerprint density at radius 1 is 1.13 bits per heavy atom. The van der Waals surface area contributed by atoms with Gasteiger partial charge in [0, 0.05) is 6.61 Å². The van der Waals surface area contributed by atoms with Crippen molar-refractivity contribution in [3.8, 4) is 0 Å². The second kappa shape index (κ2) is 5.89. The molecule has 1 atom stereocenters. The van der Waals surface area contributed by atoms with Crippen LogP contribution < -0.4 is 0 Å². The van der Waals surface area contributed by atoms with Crippen molar-refractivity contribution in [1.29, 1.82) is 0 Å². The minimum atomic E-state index is -0.393. The molecule has 1 aromatic rings. The lowest BCUT2D eigenvalue weighted by Crippen LogP contribution is -1.99. The number of aliphatic hydroxyl groups excluding tert-OH is 2. The summed E-state index contributed by atoms with van der Waals surface area (Å²) < 4.78 is 0. The van der Waals surface area contributed by atoms with Crippen LogP contribution in [-0.2, 0) is 0 Å². The number of aliphatic hydroxyl groups is 2. The number of hydrogen-bond acceptors (Lipinski definition) is 2. The third-order valence-corrected chi connectivity index (χ3v) is 2.80. The van der Waals surface area contributed by atoms with Crippen LogP contribution in [0.3, 0.4) is 0 Å². The Morgan fingerprint density at radius 2 is 1.87 bits per heavy atom. The maximum atomic E-state index is 9.88. The van der Waals surface area contributed by atoms with E-state index in [1.807, 2.05) is 18.2 Å². The summed E-state index contributed by atoms with van der Waals surface area (Å²) in [6.45, 7) is 4.33. The van der Waals surface area contributed by atoms with Gasteiger partial charge in [0.2, 0.25) is 0 Å². The summed E-state index contributed by atoms with van der Waals surface area (Å²) in [7, 11) is 0. The molecular formula is C13H20O2. The fourth-order valence-electron chi connectivity index (χ4n) is 1.59. The number of rotatable bonds is 5. The molecule has 15 heavy (non-hydrogen) atoms. The van der Waals surface area contributed by atoms with Crippen molar-refractivity contribution in [2.24, 2.45) is 0 Å². The zero-order valence-corrected chi connectivity index (χ0v) is 9.53. The van der Waals surface area contributed by atoms with E-state index in [2.05, 4.69) is 13.8 Å². The predicted octanol–water partition coefficient (Wildman–Crippen LogP) is 2.50. The summed E-state index contributed by atoms with van der Waals surface area (Å²) in [5, 5.41) is 18.5. The fourth-order valence-corrected chi connectivity index (χ4v) is 1.59. The molecule has 2 N–H and O–H groups in total. The second-order valence-electron chi connectivity index (χ2n) is 4.08. The van der Waals surface area contributed by atoms with Gasteiger partial charge < -0.3 is 10.2 Å². The molecule has 0 saturated heterocycles. The van der Waals surface area contributed by atoms with E-state index >= 15 is 0 Å². The first-order valence-electron chi connectivity index (χ1n) is 5.51. The summed E-state index contributed by atoms with van der Waals surface area (Å²) in [5.74, 6) is 0. The number of aryl methyl sites for hydroxylation is 2. The van der Waals surface area contributed by atoms with Gasteiger partial charge in [-0.25, -0.2) is 0 Å². The lowest BCUT2D eigenvalue weighted by atomic mass is 9.99. The molecule has 0 bridgehead atoms. The minimum absolute atomic E-state index is 0.208. The van der Waals surface area contributed by atoms with Gasteiger partial charge in [-0.3, -0.25) is 0 Å². The standard InChI is InChI=1S/C13H20O2/c1-10-6-7-12(9-11(10)2)13(15)5-3-4-8-14/h6-7,9,13-15H,3-5,8H2,1-2H3. The second-order valence-corrected chi connectivity index (χ2v) is 4.08. The van der Waals surface area contributed by atoms with Gasteiger partial charge in [-0.1, -0.05) is 18.2 Å². The molecule has 0 aliphatic rings. The van der Waals surface area contributed by atoms with Crippen molar-refractivity contribution in [3.63, 3.8) is 0 Å². The first-order valence-corrected chi connectivity index (χ1v) is 5.51. The number of benzene rings is 1. The molecule has 0 saturated carbocycles. The van der Waals surface area contributed by atoms with Crippen molar-refractivity contribution in [2.75, 3.05) is 6.61 Å². The van der Waals surface area contributed by atoms with Crippen LogP contribution in [0.1, 0.15) is 42.1 Å². The minimum Gasteiger partial charge on any atom is -0.396 e. The summed E-state index contributed by atoms with van der Waals surface area (Å²) in [5.41, 5.74) is 3.45. The average molecular weight is 208 g/mol. The first kappa shape index (κ1) is 12.2. The Labute approximate surface area is 91.6 Å². The van der Waals surface area contributed by atoms with E-state index in [0.29, 0.717) is 0 Å². The maximum absolute atomic E-state index is 9.88.